The van der Waals surface area contributed by atoms with Crippen molar-refractivity contribution in [2.75, 3.05) is 4.90 Å². The van der Waals surface area contributed by atoms with Gasteiger partial charge in [-0.25, -0.2) is 0 Å². The van der Waals surface area contributed by atoms with E-state index in [1.165, 1.54) is 99.8 Å². The van der Waals surface area contributed by atoms with Crippen molar-refractivity contribution in [3.8, 4) is 44.5 Å². The van der Waals surface area contributed by atoms with Crippen molar-refractivity contribution >= 4 is 27.8 Å². The smallest absolute Gasteiger partial charge is 0.0726 e. The maximum absolute atomic E-state index is 2.52. The van der Waals surface area contributed by atoms with Crippen LogP contribution in [-0.2, 0) is 10.8 Å². The fourth-order valence-corrected chi connectivity index (χ4v) is 12.2. The molecule has 0 N–H and O–H groups in total. The predicted octanol–water partition coefficient (Wildman–Crippen LogP) is 15.0. The second-order valence-electron chi connectivity index (χ2n) is 17.1. The average molecular weight is 772 g/mol. The first-order valence-electron chi connectivity index (χ1n) is 21.4. The van der Waals surface area contributed by atoms with Gasteiger partial charge in [-0.2, -0.15) is 0 Å². The third-order valence-corrected chi connectivity index (χ3v) is 14.5. The zero-order valence-electron chi connectivity index (χ0n) is 33.3. The van der Waals surface area contributed by atoms with Crippen molar-refractivity contribution in [2.45, 2.75) is 10.8 Å². The highest BCUT2D eigenvalue weighted by atomic mass is 15.1. The van der Waals surface area contributed by atoms with Gasteiger partial charge in [0.2, 0.25) is 0 Å². The van der Waals surface area contributed by atoms with Crippen LogP contribution in [-0.4, -0.2) is 0 Å². The minimum atomic E-state index is -0.471. The van der Waals surface area contributed by atoms with Crippen molar-refractivity contribution < 1.29 is 0 Å². The molecule has 14 rings (SSSR count). The number of hydrogen-bond acceptors (Lipinski definition) is 1. The second kappa shape index (κ2) is 11.9. The van der Waals surface area contributed by atoms with E-state index >= 15 is 0 Å². The van der Waals surface area contributed by atoms with E-state index in [-0.39, 0.29) is 0 Å². The Bertz CT molecular complexity index is 3390. The van der Waals surface area contributed by atoms with Crippen LogP contribution in [0.15, 0.2) is 224 Å². The highest BCUT2D eigenvalue weighted by molar-refractivity contribution is 6.01. The lowest BCUT2D eigenvalue weighted by atomic mass is 9.70. The highest BCUT2D eigenvalue weighted by Gasteiger charge is 2.53. The summed E-state index contributed by atoms with van der Waals surface area (Å²) in [6, 6.07) is 84.7. The molecule has 0 radical (unpaired) electrons. The van der Waals surface area contributed by atoms with Gasteiger partial charge in [-0.05, 0) is 148 Å². The van der Waals surface area contributed by atoms with Crippen LogP contribution in [0.4, 0.5) is 17.1 Å². The zero-order valence-corrected chi connectivity index (χ0v) is 33.3. The molecule has 10 aromatic rings. The van der Waals surface area contributed by atoms with Crippen LogP contribution >= 0.6 is 0 Å². The molecular formula is C60H37N. The highest BCUT2D eigenvalue weighted by Crippen LogP contribution is 2.65. The van der Waals surface area contributed by atoms with Gasteiger partial charge in [-0.3, -0.25) is 0 Å². The van der Waals surface area contributed by atoms with Gasteiger partial charge < -0.3 is 4.90 Å². The molecule has 0 bridgehead atoms. The van der Waals surface area contributed by atoms with Gasteiger partial charge in [-0.15, -0.1) is 0 Å². The first-order chi connectivity index (χ1) is 30.3. The molecule has 0 heterocycles. The largest absolute Gasteiger partial charge is 0.310 e. The van der Waals surface area contributed by atoms with Gasteiger partial charge in [0.25, 0.3) is 0 Å². The summed E-state index contributed by atoms with van der Waals surface area (Å²) in [5, 5.41) is 2.53. The molecule has 4 aliphatic carbocycles. The number of para-hydroxylation sites is 1. The molecule has 0 fully saturated rings. The Morgan fingerprint density at radius 1 is 0.213 bits per heavy atom. The van der Waals surface area contributed by atoms with E-state index in [4.69, 9.17) is 0 Å². The fraction of sp³-hybridized carbons (Fsp3) is 0.0333. The topological polar surface area (TPSA) is 3.24 Å². The molecule has 0 aliphatic heterocycles. The molecule has 0 aromatic heterocycles. The van der Waals surface area contributed by atoms with Crippen LogP contribution in [0.2, 0.25) is 0 Å². The molecule has 61 heavy (non-hydrogen) atoms. The SMILES string of the molecule is c1ccc(N(c2ccc3c(c2)C2(c4ccccc4-c4ccccc42)c2ccccc2-3)c2ccc3c(c2)C2(c4ccccc4-c4ccccc42)c2cc4ccccc4cc2-3)cc1. The number of fused-ring (bicyclic) bond motifs is 21. The zero-order chi connectivity index (χ0) is 39.9. The first-order valence-corrected chi connectivity index (χ1v) is 21.4. The molecule has 4 aliphatic rings. The van der Waals surface area contributed by atoms with E-state index in [0.717, 1.165) is 17.1 Å². The Kier molecular flexibility index (Phi) is 6.48. The average Bonchev–Trinajstić information content (AvgIpc) is 4.00. The molecule has 0 saturated carbocycles. The molecule has 1 heteroatoms. The van der Waals surface area contributed by atoms with Gasteiger partial charge >= 0.3 is 0 Å². The van der Waals surface area contributed by atoms with Gasteiger partial charge in [-0.1, -0.05) is 176 Å². The van der Waals surface area contributed by atoms with E-state index in [2.05, 4.69) is 229 Å². The normalized spacial score (nSPS) is 14.5. The monoisotopic (exact) mass is 771 g/mol. The summed E-state index contributed by atoms with van der Waals surface area (Å²) in [5.74, 6) is 0. The Labute approximate surface area is 355 Å². The van der Waals surface area contributed by atoms with E-state index in [0.29, 0.717) is 0 Å². The third-order valence-electron chi connectivity index (χ3n) is 14.5. The lowest BCUT2D eigenvalue weighted by Crippen LogP contribution is -2.26. The van der Waals surface area contributed by atoms with Crippen LogP contribution in [0.3, 0.4) is 0 Å². The first kappa shape index (κ1) is 33.1. The van der Waals surface area contributed by atoms with Crippen molar-refractivity contribution in [1.29, 1.82) is 0 Å². The van der Waals surface area contributed by atoms with Crippen LogP contribution in [0.5, 0.6) is 0 Å². The second-order valence-corrected chi connectivity index (χ2v) is 17.1. The number of rotatable bonds is 3. The molecule has 0 unspecified atom stereocenters. The van der Waals surface area contributed by atoms with E-state index in [9.17, 15) is 0 Å². The maximum atomic E-state index is 2.52. The Morgan fingerprint density at radius 2 is 0.541 bits per heavy atom. The Hall–Kier alpha value is -7.74. The Morgan fingerprint density at radius 3 is 1.00 bits per heavy atom. The lowest BCUT2D eigenvalue weighted by Gasteiger charge is -2.33. The number of nitrogens with zero attached hydrogens (tertiary/aromatic N) is 1. The van der Waals surface area contributed by atoms with Crippen LogP contribution in [0.1, 0.15) is 44.5 Å². The summed E-state index contributed by atoms with van der Waals surface area (Å²) in [6.45, 7) is 0. The van der Waals surface area contributed by atoms with Gasteiger partial charge in [0.1, 0.15) is 0 Å². The molecular weight excluding hydrogens is 735 g/mol. The minimum absolute atomic E-state index is 0.430. The summed E-state index contributed by atoms with van der Waals surface area (Å²) in [4.78, 5) is 2.49. The summed E-state index contributed by atoms with van der Waals surface area (Å²) >= 11 is 0. The number of benzene rings is 10. The van der Waals surface area contributed by atoms with Crippen molar-refractivity contribution in [3.63, 3.8) is 0 Å². The maximum Gasteiger partial charge on any atom is 0.0726 e. The lowest BCUT2D eigenvalue weighted by molar-refractivity contribution is 0.793. The van der Waals surface area contributed by atoms with E-state index in [1.807, 2.05) is 0 Å². The van der Waals surface area contributed by atoms with Crippen molar-refractivity contribution in [1.82, 2.24) is 0 Å². The molecule has 0 saturated heterocycles. The summed E-state index contributed by atoms with van der Waals surface area (Å²) in [5.41, 5.74) is 23.8. The van der Waals surface area contributed by atoms with Gasteiger partial charge in [0.15, 0.2) is 0 Å². The molecule has 0 amide bonds. The predicted molar refractivity (Wildman–Crippen MR) is 251 cm³/mol. The number of hydrogen-bond donors (Lipinski definition) is 0. The molecule has 10 aromatic carbocycles. The fourth-order valence-electron chi connectivity index (χ4n) is 12.2. The van der Waals surface area contributed by atoms with Crippen molar-refractivity contribution in [2.24, 2.45) is 0 Å². The van der Waals surface area contributed by atoms with Crippen LogP contribution < -0.4 is 4.90 Å². The summed E-state index contributed by atoms with van der Waals surface area (Å²) < 4.78 is 0. The number of anilines is 3. The molecule has 1 nitrogen and oxygen atoms in total. The van der Waals surface area contributed by atoms with E-state index in [1.54, 1.807) is 0 Å². The summed E-state index contributed by atoms with van der Waals surface area (Å²) in [6.07, 6.45) is 0. The van der Waals surface area contributed by atoms with Crippen LogP contribution in [0.25, 0.3) is 55.3 Å². The van der Waals surface area contributed by atoms with Crippen molar-refractivity contribution in [3.05, 3.63) is 269 Å². The summed E-state index contributed by atoms with van der Waals surface area (Å²) in [7, 11) is 0. The molecule has 282 valence electrons. The molecule has 0 atom stereocenters. The van der Waals surface area contributed by atoms with Crippen LogP contribution in [0, 0.1) is 0 Å². The molecule has 2 spiro atoms. The van der Waals surface area contributed by atoms with Gasteiger partial charge in [0, 0.05) is 17.1 Å². The van der Waals surface area contributed by atoms with Gasteiger partial charge in [0.05, 0.1) is 10.8 Å². The Balaban J connectivity index is 1.05. The minimum Gasteiger partial charge on any atom is -0.310 e. The quantitative estimate of drug-likeness (QED) is 0.173. The standard InChI is InChI=1S/C60H37N/c1-2-18-40(19-3-1)61(41-30-32-48-47-24-10-13-27-53(47)59(57(48)36-41)51-25-11-6-20-43(51)44-21-7-12-26-52(44)59)42-31-33-49-50-34-38-16-4-5-17-39(38)35-56(50)60(58(49)37-42)54-28-14-8-22-45(54)46-23-9-15-29-55(46)60/h1-37H. The third kappa shape index (κ3) is 4.06. The van der Waals surface area contributed by atoms with E-state index < -0.39 is 10.8 Å².